The van der Waals surface area contributed by atoms with Crippen molar-refractivity contribution in [2.45, 2.75) is 0 Å². The Balaban J connectivity index is 2.14. The summed E-state index contributed by atoms with van der Waals surface area (Å²) in [6.07, 6.45) is 0. The number of H-pyrrole nitrogens is 1. The quantitative estimate of drug-likeness (QED) is 0.694. The molecule has 2 heterocycles. The Labute approximate surface area is 81.9 Å². The number of fused-ring (bicyclic) bond motifs is 1. The highest BCUT2D eigenvalue weighted by Crippen LogP contribution is 2.15. The van der Waals surface area contributed by atoms with Crippen LogP contribution in [0.3, 0.4) is 0 Å². The number of nitrogens with zero attached hydrogens (tertiary/aromatic N) is 1. The van der Waals surface area contributed by atoms with E-state index in [0.29, 0.717) is 0 Å². The molecule has 0 spiro atoms. The standard InChI is InChI=1S/C11H11N3/c1-2-4-9-8(3-1)7-10(14-9)11-12-5-6-13-11/h1-4,7,14H,5-6H2,(H,12,13). The molecule has 0 amide bonds. The fraction of sp³-hybridized carbons (Fsp3) is 0.182. The van der Waals surface area contributed by atoms with Gasteiger partial charge in [-0.05, 0) is 12.1 Å². The van der Waals surface area contributed by atoms with Gasteiger partial charge in [-0.25, -0.2) is 0 Å². The maximum atomic E-state index is 4.38. The second kappa shape index (κ2) is 2.87. The Morgan fingerprint density at radius 1 is 1.21 bits per heavy atom. The smallest absolute Gasteiger partial charge is 0.145 e. The van der Waals surface area contributed by atoms with E-state index in [4.69, 9.17) is 0 Å². The van der Waals surface area contributed by atoms with Gasteiger partial charge in [0.1, 0.15) is 5.84 Å². The molecule has 2 aromatic rings. The number of amidine groups is 1. The fourth-order valence-corrected chi connectivity index (χ4v) is 1.78. The lowest BCUT2D eigenvalue weighted by atomic mass is 10.2. The monoisotopic (exact) mass is 185 g/mol. The number of hydrogen-bond acceptors (Lipinski definition) is 2. The molecule has 2 N–H and O–H groups in total. The molecule has 0 fully saturated rings. The summed E-state index contributed by atoms with van der Waals surface area (Å²) in [4.78, 5) is 7.72. The fourth-order valence-electron chi connectivity index (χ4n) is 1.78. The van der Waals surface area contributed by atoms with Crippen molar-refractivity contribution < 1.29 is 0 Å². The zero-order chi connectivity index (χ0) is 9.38. The van der Waals surface area contributed by atoms with Crippen LogP contribution in [0.1, 0.15) is 5.69 Å². The van der Waals surface area contributed by atoms with Crippen LogP contribution in [-0.2, 0) is 0 Å². The zero-order valence-electron chi connectivity index (χ0n) is 7.75. The number of para-hydroxylation sites is 1. The van der Waals surface area contributed by atoms with E-state index in [0.717, 1.165) is 24.6 Å². The average Bonchev–Trinajstić information content (AvgIpc) is 2.86. The Hall–Kier alpha value is -1.77. The molecule has 0 aliphatic carbocycles. The number of aliphatic imine (C=N–C) groups is 1. The predicted molar refractivity (Wildman–Crippen MR) is 57.7 cm³/mol. The summed E-state index contributed by atoms with van der Waals surface area (Å²) in [5.74, 6) is 0.987. The number of hydrogen-bond donors (Lipinski definition) is 2. The molecule has 3 rings (SSSR count). The van der Waals surface area contributed by atoms with Gasteiger partial charge in [-0.15, -0.1) is 0 Å². The first-order valence-electron chi connectivity index (χ1n) is 4.80. The molecule has 1 aliphatic rings. The number of aromatic amines is 1. The van der Waals surface area contributed by atoms with E-state index in [1.54, 1.807) is 0 Å². The van der Waals surface area contributed by atoms with Gasteiger partial charge in [0.25, 0.3) is 0 Å². The first-order chi connectivity index (χ1) is 6.93. The van der Waals surface area contributed by atoms with E-state index in [2.05, 4.69) is 33.5 Å². The van der Waals surface area contributed by atoms with E-state index in [1.807, 2.05) is 12.1 Å². The van der Waals surface area contributed by atoms with Crippen molar-refractivity contribution in [3.8, 4) is 0 Å². The van der Waals surface area contributed by atoms with Gasteiger partial charge in [-0.3, -0.25) is 4.99 Å². The number of aromatic nitrogens is 1. The van der Waals surface area contributed by atoms with E-state index in [9.17, 15) is 0 Å². The minimum Gasteiger partial charge on any atom is -0.367 e. The van der Waals surface area contributed by atoms with Crippen LogP contribution in [-0.4, -0.2) is 23.9 Å². The molecule has 3 nitrogen and oxygen atoms in total. The SMILES string of the molecule is c1ccc2[nH]c(C3=NCCN3)cc2c1. The summed E-state index contributed by atoms with van der Waals surface area (Å²) in [5, 5.41) is 4.49. The Morgan fingerprint density at radius 3 is 2.93 bits per heavy atom. The largest absolute Gasteiger partial charge is 0.367 e. The molecule has 0 saturated heterocycles. The number of nitrogens with one attached hydrogen (secondary N) is 2. The Bertz CT molecular complexity index is 463. The van der Waals surface area contributed by atoms with Crippen LogP contribution in [0, 0.1) is 0 Å². The molecule has 1 aromatic carbocycles. The number of benzene rings is 1. The third-order valence-corrected chi connectivity index (χ3v) is 2.46. The van der Waals surface area contributed by atoms with Crippen LogP contribution >= 0.6 is 0 Å². The van der Waals surface area contributed by atoms with E-state index >= 15 is 0 Å². The second-order valence-electron chi connectivity index (χ2n) is 3.43. The van der Waals surface area contributed by atoms with Gasteiger partial charge in [-0.2, -0.15) is 0 Å². The van der Waals surface area contributed by atoms with Crippen molar-refractivity contribution in [2.75, 3.05) is 13.1 Å². The van der Waals surface area contributed by atoms with Crippen LogP contribution < -0.4 is 5.32 Å². The predicted octanol–water partition coefficient (Wildman–Crippen LogP) is 1.52. The summed E-state index contributed by atoms with van der Waals surface area (Å²) in [6.45, 7) is 1.83. The lowest BCUT2D eigenvalue weighted by Gasteiger charge is -1.96. The van der Waals surface area contributed by atoms with Gasteiger partial charge in [0, 0.05) is 17.4 Å². The van der Waals surface area contributed by atoms with Crippen molar-refractivity contribution in [3.05, 3.63) is 36.0 Å². The van der Waals surface area contributed by atoms with Crippen LogP contribution in [0.4, 0.5) is 0 Å². The summed E-state index contributed by atoms with van der Waals surface area (Å²) in [7, 11) is 0. The van der Waals surface area contributed by atoms with Gasteiger partial charge in [0.15, 0.2) is 0 Å². The van der Waals surface area contributed by atoms with Crippen LogP contribution in [0.5, 0.6) is 0 Å². The normalized spacial score (nSPS) is 15.6. The average molecular weight is 185 g/mol. The molecular weight excluding hydrogens is 174 g/mol. The van der Waals surface area contributed by atoms with Gasteiger partial charge in [-0.1, -0.05) is 18.2 Å². The van der Waals surface area contributed by atoms with E-state index in [-0.39, 0.29) is 0 Å². The van der Waals surface area contributed by atoms with Crippen LogP contribution in [0.25, 0.3) is 10.9 Å². The zero-order valence-corrected chi connectivity index (χ0v) is 7.75. The highest BCUT2D eigenvalue weighted by molar-refractivity contribution is 6.02. The molecule has 0 unspecified atom stereocenters. The Morgan fingerprint density at radius 2 is 2.14 bits per heavy atom. The van der Waals surface area contributed by atoms with Gasteiger partial charge in [0.2, 0.25) is 0 Å². The molecule has 70 valence electrons. The first-order valence-corrected chi connectivity index (χ1v) is 4.80. The highest BCUT2D eigenvalue weighted by Gasteiger charge is 2.09. The van der Waals surface area contributed by atoms with Crippen molar-refractivity contribution in [1.29, 1.82) is 0 Å². The van der Waals surface area contributed by atoms with Gasteiger partial charge in [0.05, 0.1) is 12.2 Å². The molecule has 14 heavy (non-hydrogen) atoms. The summed E-state index contributed by atoms with van der Waals surface area (Å²) < 4.78 is 0. The summed E-state index contributed by atoms with van der Waals surface area (Å²) >= 11 is 0. The molecule has 0 atom stereocenters. The van der Waals surface area contributed by atoms with Crippen molar-refractivity contribution >= 4 is 16.7 Å². The summed E-state index contributed by atoms with van der Waals surface area (Å²) in [6, 6.07) is 10.4. The third-order valence-electron chi connectivity index (χ3n) is 2.46. The molecule has 1 aliphatic heterocycles. The molecular formula is C11H11N3. The van der Waals surface area contributed by atoms with Crippen molar-refractivity contribution in [3.63, 3.8) is 0 Å². The topological polar surface area (TPSA) is 40.2 Å². The molecule has 0 saturated carbocycles. The molecule has 0 bridgehead atoms. The highest BCUT2D eigenvalue weighted by atomic mass is 15.1. The lowest BCUT2D eigenvalue weighted by Crippen LogP contribution is -2.19. The summed E-state index contributed by atoms with van der Waals surface area (Å²) in [5.41, 5.74) is 2.25. The van der Waals surface area contributed by atoms with Crippen LogP contribution in [0.2, 0.25) is 0 Å². The maximum absolute atomic E-state index is 4.38. The maximum Gasteiger partial charge on any atom is 0.145 e. The van der Waals surface area contributed by atoms with Crippen molar-refractivity contribution in [2.24, 2.45) is 4.99 Å². The van der Waals surface area contributed by atoms with E-state index < -0.39 is 0 Å². The minimum atomic E-state index is 0.880. The molecule has 0 radical (unpaired) electrons. The van der Waals surface area contributed by atoms with E-state index in [1.165, 1.54) is 10.9 Å². The van der Waals surface area contributed by atoms with Gasteiger partial charge < -0.3 is 10.3 Å². The lowest BCUT2D eigenvalue weighted by molar-refractivity contribution is 0.959. The minimum absolute atomic E-state index is 0.880. The number of rotatable bonds is 1. The van der Waals surface area contributed by atoms with Crippen molar-refractivity contribution in [1.82, 2.24) is 10.3 Å². The first kappa shape index (κ1) is 7.62. The molecule has 3 heteroatoms. The van der Waals surface area contributed by atoms with Gasteiger partial charge >= 0.3 is 0 Å². The third kappa shape index (κ3) is 1.09. The van der Waals surface area contributed by atoms with Crippen LogP contribution in [0.15, 0.2) is 35.3 Å². The Kier molecular flexibility index (Phi) is 1.56. The second-order valence-corrected chi connectivity index (χ2v) is 3.43. The molecule has 1 aromatic heterocycles.